The van der Waals surface area contributed by atoms with E-state index in [2.05, 4.69) is 0 Å². The molecule has 1 aliphatic heterocycles. The Bertz CT molecular complexity index is 564. The van der Waals surface area contributed by atoms with Crippen LogP contribution in [0, 0.1) is 29.3 Å². The average molecular weight is 284 g/mol. The molecule has 1 aromatic rings. The Labute approximate surface area is 114 Å². The molecule has 0 aromatic heterocycles. The number of nitrogens with two attached hydrogens (primary N) is 1. The van der Waals surface area contributed by atoms with E-state index in [0.29, 0.717) is 19.0 Å². The van der Waals surface area contributed by atoms with Crippen molar-refractivity contribution in [1.29, 1.82) is 0 Å². The normalized spacial score (nSPS) is 28.8. The van der Waals surface area contributed by atoms with Crippen LogP contribution in [0.25, 0.3) is 0 Å². The lowest BCUT2D eigenvalue weighted by Gasteiger charge is -2.19. The minimum atomic E-state index is -1.60. The summed E-state index contributed by atoms with van der Waals surface area (Å²) in [6.07, 6.45) is 1.90. The zero-order valence-corrected chi connectivity index (χ0v) is 10.8. The Morgan fingerprint density at radius 3 is 2.60 bits per heavy atom. The number of nitrogens with zero attached hydrogens (tertiary/aromatic N) is 1. The first-order valence-corrected chi connectivity index (χ1v) is 6.67. The smallest absolute Gasteiger partial charge is 0.256 e. The van der Waals surface area contributed by atoms with Gasteiger partial charge in [-0.2, -0.15) is 0 Å². The van der Waals surface area contributed by atoms with Gasteiger partial charge in [-0.3, -0.25) is 4.79 Å². The molecular formula is C14H15F3N2O. The minimum Gasteiger partial charge on any atom is -0.338 e. The van der Waals surface area contributed by atoms with Crippen molar-refractivity contribution in [2.24, 2.45) is 17.6 Å². The van der Waals surface area contributed by atoms with E-state index in [0.717, 1.165) is 25.0 Å². The van der Waals surface area contributed by atoms with Crippen molar-refractivity contribution in [3.05, 3.63) is 35.1 Å². The van der Waals surface area contributed by atoms with E-state index in [-0.39, 0.29) is 12.0 Å². The Morgan fingerprint density at radius 2 is 1.90 bits per heavy atom. The molecule has 20 heavy (non-hydrogen) atoms. The van der Waals surface area contributed by atoms with Crippen molar-refractivity contribution in [2.75, 3.05) is 13.1 Å². The molecule has 3 rings (SSSR count). The summed E-state index contributed by atoms with van der Waals surface area (Å²) in [5, 5.41) is 0. The highest BCUT2D eigenvalue weighted by Gasteiger charge is 2.43. The second kappa shape index (κ2) is 4.77. The fourth-order valence-corrected chi connectivity index (χ4v) is 3.33. The highest BCUT2D eigenvalue weighted by molar-refractivity contribution is 5.94. The number of fused-ring (bicyclic) bond motifs is 1. The third kappa shape index (κ3) is 1.98. The van der Waals surface area contributed by atoms with Gasteiger partial charge in [-0.05, 0) is 36.8 Å². The molecule has 1 aromatic carbocycles. The molecule has 0 bridgehead atoms. The summed E-state index contributed by atoms with van der Waals surface area (Å²) < 4.78 is 39.7. The number of carbonyl (C=O) groups excluding carboxylic acids is 1. The molecule has 1 aliphatic carbocycles. The standard InChI is InChI=1S/C14H15F3N2O/c15-10-3-2-8(12(16)13(10)17)14(20)19-5-7-1-4-11(18)9(7)6-19/h2-3,7,9,11H,1,4-6,18H2/t7-,9+,11+/m0/s1. The van der Waals surface area contributed by atoms with E-state index in [1.807, 2.05) is 0 Å². The Hall–Kier alpha value is -1.56. The first-order valence-electron chi connectivity index (χ1n) is 6.67. The van der Waals surface area contributed by atoms with E-state index >= 15 is 0 Å². The molecule has 2 N–H and O–H groups in total. The number of hydrogen-bond acceptors (Lipinski definition) is 2. The van der Waals surface area contributed by atoms with Crippen LogP contribution in [0.2, 0.25) is 0 Å². The largest absolute Gasteiger partial charge is 0.338 e. The van der Waals surface area contributed by atoms with Crippen molar-refractivity contribution >= 4 is 5.91 Å². The maximum atomic E-state index is 13.6. The highest BCUT2D eigenvalue weighted by Crippen LogP contribution is 2.37. The van der Waals surface area contributed by atoms with Gasteiger partial charge >= 0.3 is 0 Å². The van der Waals surface area contributed by atoms with Crippen LogP contribution in [0.5, 0.6) is 0 Å². The molecule has 3 nitrogen and oxygen atoms in total. The Balaban J connectivity index is 1.83. The van der Waals surface area contributed by atoms with Crippen LogP contribution in [0.4, 0.5) is 13.2 Å². The van der Waals surface area contributed by atoms with E-state index in [1.165, 1.54) is 4.90 Å². The molecule has 1 saturated carbocycles. The average Bonchev–Trinajstić information content (AvgIpc) is 2.98. The van der Waals surface area contributed by atoms with Crippen molar-refractivity contribution in [1.82, 2.24) is 4.90 Å². The number of carbonyl (C=O) groups is 1. The van der Waals surface area contributed by atoms with E-state index in [1.54, 1.807) is 0 Å². The summed E-state index contributed by atoms with van der Waals surface area (Å²) in [5.74, 6) is -4.35. The summed E-state index contributed by atoms with van der Waals surface area (Å²) in [6, 6.07) is 1.82. The van der Waals surface area contributed by atoms with E-state index in [9.17, 15) is 18.0 Å². The lowest BCUT2D eigenvalue weighted by Crippen LogP contribution is -2.34. The minimum absolute atomic E-state index is 0.0626. The zero-order chi connectivity index (χ0) is 14.4. The number of rotatable bonds is 1. The maximum Gasteiger partial charge on any atom is 0.256 e. The summed E-state index contributed by atoms with van der Waals surface area (Å²) in [7, 11) is 0. The summed E-state index contributed by atoms with van der Waals surface area (Å²) in [6.45, 7) is 0.971. The highest BCUT2D eigenvalue weighted by atomic mass is 19.2. The summed E-state index contributed by atoms with van der Waals surface area (Å²) in [4.78, 5) is 13.7. The van der Waals surface area contributed by atoms with Gasteiger partial charge in [-0.1, -0.05) is 0 Å². The van der Waals surface area contributed by atoms with Crippen LogP contribution >= 0.6 is 0 Å². The molecule has 3 atom stereocenters. The molecular weight excluding hydrogens is 269 g/mol. The first kappa shape index (κ1) is 13.4. The number of benzene rings is 1. The van der Waals surface area contributed by atoms with Gasteiger partial charge in [0.05, 0.1) is 5.56 Å². The van der Waals surface area contributed by atoms with Gasteiger partial charge in [0, 0.05) is 19.1 Å². The van der Waals surface area contributed by atoms with Gasteiger partial charge < -0.3 is 10.6 Å². The van der Waals surface area contributed by atoms with Crippen LogP contribution < -0.4 is 5.73 Å². The van der Waals surface area contributed by atoms with Crippen molar-refractivity contribution in [3.63, 3.8) is 0 Å². The second-order valence-electron chi connectivity index (χ2n) is 5.60. The van der Waals surface area contributed by atoms with Gasteiger partial charge in [0.15, 0.2) is 17.5 Å². The van der Waals surface area contributed by atoms with E-state index < -0.39 is 28.9 Å². The molecule has 1 heterocycles. The number of halogens is 3. The Morgan fingerprint density at radius 1 is 1.15 bits per heavy atom. The van der Waals surface area contributed by atoms with Gasteiger partial charge in [0.25, 0.3) is 5.91 Å². The topological polar surface area (TPSA) is 46.3 Å². The quantitative estimate of drug-likeness (QED) is 0.801. The SMILES string of the molecule is N[C@@H]1CC[C@H]2CN(C(=O)c3ccc(F)c(F)c3F)C[C@H]21. The maximum absolute atomic E-state index is 13.6. The number of hydrogen-bond donors (Lipinski definition) is 1. The summed E-state index contributed by atoms with van der Waals surface area (Å²) in [5.41, 5.74) is 5.55. The van der Waals surface area contributed by atoms with Crippen LogP contribution in [-0.2, 0) is 0 Å². The molecule has 0 radical (unpaired) electrons. The Kier molecular flexibility index (Phi) is 3.20. The zero-order valence-electron chi connectivity index (χ0n) is 10.8. The predicted molar refractivity (Wildman–Crippen MR) is 66.4 cm³/mol. The van der Waals surface area contributed by atoms with Crippen LogP contribution in [0.1, 0.15) is 23.2 Å². The molecule has 0 spiro atoms. The third-order valence-electron chi connectivity index (χ3n) is 4.47. The predicted octanol–water partition coefficient (Wildman–Crippen LogP) is 1.91. The molecule has 2 fully saturated rings. The fraction of sp³-hybridized carbons (Fsp3) is 0.500. The van der Waals surface area contributed by atoms with Crippen molar-refractivity contribution in [2.45, 2.75) is 18.9 Å². The lowest BCUT2D eigenvalue weighted by atomic mass is 9.98. The summed E-state index contributed by atoms with van der Waals surface area (Å²) >= 11 is 0. The van der Waals surface area contributed by atoms with Gasteiger partial charge in [-0.15, -0.1) is 0 Å². The third-order valence-corrected chi connectivity index (χ3v) is 4.47. The van der Waals surface area contributed by atoms with Gasteiger partial charge in [0.1, 0.15) is 0 Å². The second-order valence-corrected chi connectivity index (χ2v) is 5.60. The fourth-order valence-electron chi connectivity index (χ4n) is 3.33. The van der Waals surface area contributed by atoms with Crippen LogP contribution in [-0.4, -0.2) is 29.9 Å². The van der Waals surface area contributed by atoms with Gasteiger partial charge in [-0.25, -0.2) is 13.2 Å². The van der Waals surface area contributed by atoms with Crippen LogP contribution in [0.15, 0.2) is 12.1 Å². The monoisotopic (exact) mass is 284 g/mol. The molecule has 0 unspecified atom stereocenters. The molecule has 108 valence electrons. The van der Waals surface area contributed by atoms with E-state index in [4.69, 9.17) is 5.73 Å². The van der Waals surface area contributed by atoms with Crippen molar-refractivity contribution < 1.29 is 18.0 Å². The number of amides is 1. The first-order chi connectivity index (χ1) is 9.49. The van der Waals surface area contributed by atoms with Crippen molar-refractivity contribution in [3.8, 4) is 0 Å². The molecule has 2 aliphatic rings. The molecule has 6 heteroatoms. The van der Waals surface area contributed by atoms with Gasteiger partial charge in [0.2, 0.25) is 0 Å². The molecule has 1 saturated heterocycles. The van der Waals surface area contributed by atoms with Crippen LogP contribution in [0.3, 0.4) is 0 Å². The number of likely N-dealkylation sites (tertiary alicyclic amines) is 1. The lowest BCUT2D eigenvalue weighted by molar-refractivity contribution is 0.0773. The molecule has 1 amide bonds.